The normalized spacial score (nSPS) is 11.2. The third-order valence-electron chi connectivity index (χ3n) is 4.00. The molecule has 6 heteroatoms. The zero-order valence-electron chi connectivity index (χ0n) is 14.2. The Balaban J connectivity index is 1.89. The fourth-order valence-corrected chi connectivity index (χ4v) is 3.73. The Bertz CT molecular complexity index is 1080. The van der Waals surface area contributed by atoms with Gasteiger partial charge in [-0.15, -0.1) is 10.2 Å². The monoisotopic (exact) mass is 380 g/mol. The summed E-state index contributed by atoms with van der Waals surface area (Å²) in [4.78, 5) is 3.31. The number of fused-ring (bicyclic) bond motifs is 1. The molecule has 4 rings (SSSR count). The lowest BCUT2D eigenvalue weighted by Crippen LogP contribution is -1.99. The molecule has 4 nitrogen and oxygen atoms in total. The third-order valence-corrected chi connectivity index (χ3v) is 5.41. The molecule has 1 N–H and O–H groups in total. The summed E-state index contributed by atoms with van der Waals surface area (Å²) < 4.78 is 2.07. The van der Waals surface area contributed by atoms with E-state index in [4.69, 9.17) is 11.6 Å². The van der Waals surface area contributed by atoms with Gasteiger partial charge in [-0.25, -0.2) is 0 Å². The van der Waals surface area contributed by atoms with Gasteiger partial charge in [0.15, 0.2) is 11.0 Å². The number of aromatic nitrogens is 4. The standard InChI is InChI=1S/C20H17ClN4S/c1-13(2)12-26-20-24-23-19(25(20)15-9-7-14(21)8-10-15)17-11-22-18-6-4-3-5-16(17)18/h3-11,22H,1,12H2,2H3. The molecule has 0 aliphatic rings. The highest BCUT2D eigenvalue weighted by Crippen LogP contribution is 2.33. The second-order valence-corrected chi connectivity index (χ2v) is 7.49. The van der Waals surface area contributed by atoms with Gasteiger partial charge in [0.05, 0.1) is 0 Å². The van der Waals surface area contributed by atoms with Gasteiger partial charge in [-0.3, -0.25) is 4.57 Å². The number of H-pyrrole nitrogens is 1. The average Bonchev–Trinajstić information content (AvgIpc) is 3.24. The van der Waals surface area contributed by atoms with Crippen molar-refractivity contribution in [1.82, 2.24) is 19.7 Å². The minimum atomic E-state index is 0.701. The van der Waals surface area contributed by atoms with Crippen molar-refractivity contribution < 1.29 is 0 Å². The summed E-state index contributed by atoms with van der Waals surface area (Å²) >= 11 is 7.70. The first-order valence-electron chi connectivity index (χ1n) is 8.18. The van der Waals surface area contributed by atoms with Crippen molar-refractivity contribution in [3.8, 4) is 17.1 Å². The van der Waals surface area contributed by atoms with Crippen LogP contribution in [0.4, 0.5) is 0 Å². The van der Waals surface area contributed by atoms with Gasteiger partial charge in [0.1, 0.15) is 0 Å². The molecular weight excluding hydrogens is 364 g/mol. The first kappa shape index (κ1) is 16.9. The number of hydrogen-bond donors (Lipinski definition) is 1. The first-order valence-corrected chi connectivity index (χ1v) is 9.55. The van der Waals surface area contributed by atoms with E-state index in [-0.39, 0.29) is 0 Å². The molecule has 4 aromatic rings. The molecule has 0 aliphatic carbocycles. The van der Waals surface area contributed by atoms with E-state index in [9.17, 15) is 0 Å². The van der Waals surface area contributed by atoms with E-state index in [1.807, 2.05) is 49.5 Å². The van der Waals surface area contributed by atoms with E-state index in [1.54, 1.807) is 11.8 Å². The second kappa shape index (κ2) is 7.02. The highest BCUT2D eigenvalue weighted by atomic mass is 35.5. The zero-order valence-corrected chi connectivity index (χ0v) is 15.8. The number of benzene rings is 2. The Hall–Kier alpha value is -2.50. The molecule has 0 saturated heterocycles. The Morgan fingerprint density at radius 3 is 2.69 bits per heavy atom. The maximum Gasteiger partial charge on any atom is 0.196 e. The fraction of sp³-hybridized carbons (Fsp3) is 0.100. The predicted molar refractivity (Wildman–Crippen MR) is 109 cm³/mol. The number of para-hydroxylation sites is 1. The van der Waals surface area contributed by atoms with Crippen molar-refractivity contribution in [3.63, 3.8) is 0 Å². The van der Waals surface area contributed by atoms with Crippen LogP contribution in [0.25, 0.3) is 28.0 Å². The summed E-state index contributed by atoms with van der Waals surface area (Å²) in [6.07, 6.45) is 1.98. The van der Waals surface area contributed by atoms with E-state index >= 15 is 0 Å². The van der Waals surface area contributed by atoms with Crippen molar-refractivity contribution in [2.24, 2.45) is 0 Å². The van der Waals surface area contributed by atoms with Crippen LogP contribution in [0, 0.1) is 0 Å². The van der Waals surface area contributed by atoms with Crippen LogP contribution in [0.1, 0.15) is 6.92 Å². The Kier molecular flexibility index (Phi) is 4.57. The number of nitrogens with zero attached hydrogens (tertiary/aromatic N) is 3. The number of nitrogens with one attached hydrogen (secondary N) is 1. The van der Waals surface area contributed by atoms with Crippen LogP contribution in [0.3, 0.4) is 0 Å². The molecule has 0 fully saturated rings. The van der Waals surface area contributed by atoms with Crippen LogP contribution in [-0.4, -0.2) is 25.5 Å². The number of halogens is 1. The molecule has 0 unspecified atom stereocenters. The molecule has 0 atom stereocenters. The highest BCUT2D eigenvalue weighted by Gasteiger charge is 2.18. The van der Waals surface area contributed by atoms with Crippen molar-refractivity contribution in [2.75, 3.05) is 5.75 Å². The minimum Gasteiger partial charge on any atom is -0.360 e. The van der Waals surface area contributed by atoms with E-state index in [0.717, 1.165) is 44.5 Å². The second-order valence-electron chi connectivity index (χ2n) is 6.11. The molecule has 0 aliphatic heterocycles. The van der Waals surface area contributed by atoms with E-state index in [0.29, 0.717) is 5.02 Å². The molecule has 0 saturated carbocycles. The van der Waals surface area contributed by atoms with Gasteiger partial charge >= 0.3 is 0 Å². The molecular formula is C20H17ClN4S. The summed E-state index contributed by atoms with van der Waals surface area (Å²) in [5.41, 5.74) is 4.16. The number of thioether (sulfide) groups is 1. The van der Waals surface area contributed by atoms with Gasteiger partial charge in [0.2, 0.25) is 0 Å². The smallest absolute Gasteiger partial charge is 0.196 e. The van der Waals surface area contributed by atoms with Crippen molar-refractivity contribution >= 4 is 34.3 Å². The maximum absolute atomic E-state index is 6.07. The summed E-state index contributed by atoms with van der Waals surface area (Å²) in [5, 5.41) is 11.6. The molecule has 2 aromatic carbocycles. The summed E-state index contributed by atoms with van der Waals surface area (Å²) in [5.74, 6) is 1.59. The van der Waals surface area contributed by atoms with Crippen LogP contribution in [0.15, 0.2) is 72.0 Å². The van der Waals surface area contributed by atoms with Gasteiger partial charge < -0.3 is 4.98 Å². The molecule has 0 radical (unpaired) electrons. The Morgan fingerprint density at radius 1 is 1.15 bits per heavy atom. The van der Waals surface area contributed by atoms with E-state index in [2.05, 4.69) is 38.5 Å². The molecule has 0 spiro atoms. The molecule has 2 aromatic heterocycles. The van der Waals surface area contributed by atoms with Crippen molar-refractivity contribution in [2.45, 2.75) is 12.1 Å². The largest absolute Gasteiger partial charge is 0.360 e. The molecule has 0 bridgehead atoms. The predicted octanol–water partition coefficient (Wildman–Crippen LogP) is 5.74. The fourth-order valence-electron chi connectivity index (χ4n) is 2.81. The van der Waals surface area contributed by atoms with Crippen LogP contribution in [-0.2, 0) is 0 Å². The van der Waals surface area contributed by atoms with E-state index in [1.165, 1.54) is 0 Å². The molecule has 2 heterocycles. The summed E-state index contributed by atoms with van der Waals surface area (Å²) in [7, 11) is 0. The quantitative estimate of drug-likeness (QED) is 0.355. The number of hydrogen-bond acceptors (Lipinski definition) is 3. The van der Waals surface area contributed by atoms with Crippen LogP contribution >= 0.6 is 23.4 Å². The SMILES string of the molecule is C=C(C)CSc1nnc(-c2c[nH]c3ccccc23)n1-c1ccc(Cl)cc1. The third kappa shape index (κ3) is 3.16. The summed E-state index contributed by atoms with van der Waals surface area (Å²) in [6, 6.07) is 15.9. The van der Waals surface area contributed by atoms with E-state index < -0.39 is 0 Å². The first-order chi connectivity index (χ1) is 12.6. The number of rotatable bonds is 5. The van der Waals surface area contributed by atoms with Gasteiger partial charge in [0.25, 0.3) is 0 Å². The lowest BCUT2D eigenvalue weighted by atomic mass is 10.1. The zero-order chi connectivity index (χ0) is 18.1. The molecule has 26 heavy (non-hydrogen) atoms. The van der Waals surface area contributed by atoms with Crippen LogP contribution in [0.2, 0.25) is 5.02 Å². The van der Waals surface area contributed by atoms with Crippen LogP contribution < -0.4 is 0 Å². The van der Waals surface area contributed by atoms with Gasteiger partial charge in [-0.1, -0.05) is 53.7 Å². The average molecular weight is 381 g/mol. The number of aromatic amines is 1. The lowest BCUT2D eigenvalue weighted by Gasteiger charge is -2.10. The highest BCUT2D eigenvalue weighted by molar-refractivity contribution is 7.99. The van der Waals surface area contributed by atoms with Crippen molar-refractivity contribution in [1.29, 1.82) is 0 Å². The van der Waals surface area contributed by atoms with Crippen molar-refractivity contribution in [3.05, 3.63) is 71.9 Å². The minimum absolute atomic E-state index is 0.701. The Morgan fingerprint density at radius 2 is 1.92 bits per heavy atom. The Labute approximate surface area is 160 Å². The van der Waals surface area contributed by atoms with Crippen LogP contribution in [0.5, 0.6) is 0 Å². The van der Waals surface area contributed by atoms with Gasteiger partial charge in [-0.2, -0.15) is 0 Å². The van der Waals surface area contributed by atoms with Gasteiger partial charge in [0, 0.05) is 39.1 Å². The topological polar surface area (TPSA) is 46.5 Å². The molecule has 0 amide bonds. The maximum atomic E-state index is 6.07. The lowest BCUT2D eigenvalue weighted by molar-refractivity contribution is 0.887. The molecule has 130 valence electrons. The van der Waals surface area contributed by atoms with Gasteiger partial charge in [-0.05, 0) is 37.3 Å². The summed E-state index contributed by atoms with van der Waals surface area (Å²) in [6.45, 7) is 5.99.